The van der Waals surface area contributed by atoms with Gasteiger partial charge in [0.05, 0.1) is 4.05 Å². The molecule has 1 saturated heterocycles. The van der Waals surface area contributed by atoms with Crippen LogP contribution in [0.1, 0.15) is 24.0 Å². The van der Waals surface area contributed by atoms with Crippen molar-refractivity contribution in [1.82, 2.24) is 5.32 Å². The molecule has 1 nitrogen and oxygen atoms in total. The molecule has 3 rings (SSSR count). The highest BCUT2D eigenvalue weighted by molar-refractivity contribution is 14.1. The van der Waals surface area contributed by atoms with E-state index in [1.165, 1.54) is 24.0 Å². The van der Waals surface area contributed by atoms with Crippen LogP contribution < -0.4 is 5.32 Å². The zero-order valence-electron chi connectivity index (χ0n) is 8.54. The minimum absolute atomic E-state index is 0.327. The van der Waals surface area contributed by atoms with Gasteiger partial charge in [-0.05, 0) is 30.5 Å². The fourth-order valence-corrected chi connectivity index (χ4v) is 3.87. The first-order chi connectivity index (χ1) is 7.30. The first-order valence-electron chi connectivity index (χ1n) is 5.46. The largest absolute Gasteiger partial charge is 0.305 e. The number of alkyl halides is 1. The predicted molar refractivity (Wildman–Crippen MR) is 72.2 cm³/mol. The second kappa shape index (κ2) is 3.59. The average Bonchev–Trinajstić information content (AvgIpc) is 2.59. The molecule has 2 atom stereocenters. The van der Waals surface area contributed by atoms with E-state index in [4.69, 9.17) is 0 Å². The molecule has 1 heterocycles. The topological polar surface area (TPSA) is 12.0 Å². The standard InChI is InChI=1S/C13H14IN/c14-12-9-13(7-8-15-12)6-5-10-3-1-2-4-11(10)13/h1-6,12,15H,7-9H2. The minimum Gasteiger partial charge on any atom is -0.305 e. The maximum atomic E-state index is 3.52. The molecule has 1 fully saturated rings. The van der Waals surface area contributed by atoms with Crippen molar-refractivity contribution < 1.29 is 0 Å². The summed E-state index contributed by atoms with van der Waals surface area (Å²) < 4.78 is 0.604. The van der Waals surface area contributed by atoms with Crippen LogP contribution in [0.2, 0.25) is 0 Å². The predicted octanol–water partition coefficient (Wildman–Crippen LogP) is 3.10. The van der Waals surface area contributed by atoms with Crippen molar-refractivity contribution in [2.24, 2.45) is 0 Å². The van der Waals surface area contributed by atoms with Crippen LogP contribution in [-0.2, 0) is 5.41 Å². The molecule has 1 N–H and O–H groups in total. The lowest BCUT2D eigenvalue weighted by atomic mass is 9.75. The summed E-state index contributed by atoms with van der Waals surface area (Å²) in [6.45, 7) is 1.13. The van der Waals surface area contributed by atoms with Gasteiger partial charge < -0.3 is 5.32 Å². The van der Waals surface area contributed by atoms with Crippen molar-refractivity contribution in [3.63, 3.8) is 0 Å². The molecule has 0 aromatic heterocycles. The van der Waals surface area contributed by atoms with E-state index in [1.807, 2.05) is 0 Å². The van der Waals surface area contributed by atoms with Gasteiger partial charge in [-0.1, -0.05) is 59.0 Å². The summed E-state index contributed by atoms with van der Waals surface area (Å²) in [7, 11) is 0. The van der Waals surface area contributed by atoms with E-state index in [0.29, 0.717) is 9.46 Å². The number of fused-ring (bicyclic) bond motifs is 2. The molecular formula is C13H14IN. The van der Waals surface area contributed by atoms with Crippen LogP contribution in [0.5, 0.6) is 0 Å². The highest BCUT2D eigenvalue weighted by Crippen LogP contribution is 2.44. The van der Waals surface area contributed by atoms with E-state index in [2.05, 4.69) is 64.3 Å². The molecule has 0 radical (unpaired) electrons. The molecule has 2 aliphatic rings. The van der Waals surface area contributed by atoms with Gasteiger partial charge in [0.2, 0.25) is 0 Å². The summed E-state index contributed by atoms with van der Waals surface area (Å²) in [5.41, 5.74) is 3.28. The second-order valence-corrected chi connectivity index (χ2v) is 5.96. The van der Waals surface area contributed by atoms with Crippen LogP contribution in [0.25, 0.3) is 6.08 Å². The number of hydrogen-bond acceptors (Lipinski definition) is 1. The van der Waals surface area contributed by atoms with Gasteiger partial charge in [-0.2, -0.15) is 0 Å². The summed E-state index contributed by atoms with van der Waals surface area (Å²) >= 11 is 2.51. The molecular weight excluding hydrogens is 297 g/mol. The summed E-state index contributed by atoms with van der Waals surface area (Å²) in [5.74, 6) is 0. The fourth-order valence-electron chi connectivity index (χ4n) is 2.78. The lowest BCUT2D eigenvalue weighted by molar-refractivity contribution is 0.368. The van der Waals surface area contributed by atoms with Crippen molar-refractivity contribution in [2.45, 2.75) is 22.3 Å². The Hall–Kier alpha value is -0.350. The van der Waals surface area contributed by atoms with E-state index in [9.17, 15) is 0 Å². The third-order valence-corrected chi connectivity index (χ3v) is 4.44. The maximum Gasteiger partial charge on any atom is 0.0605 e. The number of halogens is 1. The van der Waals surface area contributed by atoms with Gasteiger partial charge in [-0.3, -0.25) is 0 Å². The first kappa shape index (κ1) is 9.85. The average molecular weight is 311 g/mol. The number of rotatable bonds is 0. The van der Waals surface area contributed by atoms with Gasteiger partial charge in [0.15, 0.2) is 0 Å². The number of allylic oxidation sites excluding steroid dienone is 1. The van der Waals surface area contributed by atoms with Crippen molar-refractivity contribution in [3.05, 3.63) is 41.5 Å². The molecule has 1 spiro atoms. The Balaban J connectivity index is 2.04. The molecule has 1 aliphatic carbocycles. The molecule has 15 heavy (non-hydrogen) atoms. The quantitative estimate of drug-likeness (QED) is 0.441. The van der Waals surface area contributed by atoms with Crippen LogP contribution in [0, 0.1) is 0 Å². The summed E-state index contributed by atoms with van der Waals surface area (Å²) in [4.78, 5) is 0. The van der Waals surface area contributed by atoms with Crippen LogP contribution in [0.15, 0.2) is 30.3 Å². The number of nitrogens with one attached hydrogen (secondary N) is 1. The Morgan fingerprint density at radius 3 is 3.07 bits per heavy atom. The Morgan fingerprint density at radius 1 is 1.33 bits per heavy atom. The van der Waals surface area contributed by atoms with Gasteiger partial charge in [0.1, 0.15) is 0 Å². The highest BCUT2D eigenvalue weighted by Gasteiger charge is 2.38. The third-order valence-electron chi connectivity index (χ3n) is 3.56. The smallest absolute Gasteiger partial charge is 0.0605 e. The van der Waals surface area contributed by atoms with Gasteiger partial charge in [0.25, 0.3) is 0 Å². The third kappa shape index (κ3) is 1.54. The van der Waals surface area contributed by atoms with E-state index >= 15 is 0 Å². The Labute approximate surface area is 104 Å². The van der Waals surface area contributed by atoms with Gasteiger partial charge in [0, 0.05) is 5.41 Å². The molecule has 1 aliphatic heterocycles. The monoisotopic (exact) mass is 311 g/mol. The lowest BCUT2D eigenvalue weighted by Gasteiger charge is -2.36. The van der Waals surface area contributed by atoms with E-state index in [0.717, 1.165) is 6.54 Å². The molecule has 0 bridgehead atoms. The number of benzene rings is 1. The molecule has 2 unspecified atom stereocenters. The first-order valence-corrected chi connectivity index (χ1v) is 6.71. The molecule has 1 aromatic rings. The van der Waals surface area contributed by atoms with Crippen LogP contribution in [0.3, 0.4) is 0 Å². The summed E-state index contributed by atoms with van der Waals surface area (Å²) in [6, 6.07) is 8.82. The van der Waals surface area contributed by atoms with Crippen molar-refractivity contribution in [1.29, 1.82) is 0 Å². The van der Waals surface area contributed by atoms with Crippen LogP contribution in [0.4, 0.5) is 0 Å². The van der Waals surface area contributed by atoms with Gasteiger partial charge in [-0.25, -0.2) is 0 Å². The van der Waals surface area contributed by atoms with Gasteiger partial charge in [-0.15, -0.1) is 0 Å². The minimum atomic E-state index is 0.327. The lowest BCUT2D eigenvalue weighted by Crippen LogP contribution is -2.41. The van der Waals surface area contributed by atoms with Crippen molar-refractivity contribution in [2.75, 3.05) is 6.54 Å². The Bertz CT molecular complexity index is 413. The number of piperidine rings is 1. The van der Waals surface area contributed by atoms with E-state index < -0.39 is 0 Å². The molecule has 0 amide bonds. The normalized spacial score (nSPS) is 33.3. The zero-order valence-corrected chi connectivity index (χ0v) is 10.7. The number of hydrogen-bond donors (Lipinski definition) is 1. The zero-order chi connectivity index (χ0) is 10.3. The van der Waals surface area contributed by atoms with E-state index in [-0.39, 0.29) is 0 Å². The van der Waals surface area contributed by atoms with Crippen molar-refractivity contribution in [3.8, 4) is 0 Å². The SMILES string of the molecule is IC1CC2(C=Cc3ccccc32)CCN1. The Morgan fingerprint density at radius 2 is 2.20 bits per heavy atom. The summed E-state index contributed by atoms with van der Waals surface area (Å²) in [5, 5.41) is 3.52. The molecule has 1 aromatic carbocycles. The van der Waals surface area contributed by atoms with Crippen LogP contribution >= 0.6 is 22.6 Å². The maximum absolute atomic E-state index is 3.52. The van der Waals surface area contributed by atoms with Crippen molar-refractivity contribution >= 4 is 28.7 Å². The van der Waals surface area contributed by atoms with Gasteiger partial charge >= 0.3 is 0 Å². The highest BCUT2D eigenvalue weighted by atomic mass is 127. The molecule has 0 saturated carbocycles. The Kier molecular flexibility index (Phi) is 2.36. The molecule has 78 valence electrons. The van der Waals surface area contributed by atoms with E-state index in [1.54, 1.807) is 0 Å². The summed E-state index contributed by atoms with van der Waals surface area (Å²) in [6.07, 6.45) is 7.18. The molecule has 2 heteroatoms. The fraction of sp³-hybridized carbons (Fsp3) is 0.385. The second-order valence-electron chi connectivity index (χ2n) is 4.45. The van der Waals surface area contributed by atoms with Crippen LogP contribution in [-0.4, -0.2) is 10.6 Å².